The fourth-order valence-electron chi connectivity index (χ4n) is 7.18. The number of amides is 3. The van der Waals surface area contributed by atoms with Gasteiger partial charge in [-0.15, -0.1) is 24.9 Å². The minimum absolute atomic E-state index is 0.0161. The highest BCUT2D eigenvalue weighted by Gasteiger charge is 2.76. The number of likely N-dealkylation sites (tertiary alicyclic amines) is 1. The molecule has 0 saturated carbocycles. The van der Waals surface area contributed by atoms with Crippen LogP contribution in [0.15, 0.2) is 55.6 Å². The second kappa shape index (κ2) is 14.1. The number of unbranched alkanes of at least 4 members (excludes halogenated alkanes) is 2. The van der Waals surface area contributed by atoms with Crippen molar-refractivity contribution in [1.29, 1.82) is 0 Å². The molecule has 7 nitrogen and oxygen atoms in total. The minimum Gasteiger partial charge on any atom is -0.394 e. The van der Waals surface area contributed by atoms with E-state index in [-0.39, 0.29) is 40.3 Å². The summed E-state index contributed by atoms with van der Waals surface area (Å²) in [5.74, 6) is -1.65. The van der Waals surface area contributed by atoms with Crippen molar-refractivity contribution >= 4 is 45.4 Å². The van der Waals surface area contributed by atoms with Crippen LogP contribution in [0.4, 0.5) is 0 Å². The Balaban J connectivity index is 1.77. The van der Waals surface area contributed by atoms with E-state index in [1.54, 1.807) is 33.7 Å². The Kier molecular flexibility index (Phi) is 11.0. The molecule has 1 aromatic carbocycles. The van der Waals surface area contributed by atoms with Crippen LogP contribution in [-0.2, 0) is 20.9 Å². The maximum absolute atomic E-state index is 14.6. The zero-order valence-corrected chi connectivity index (χ0v) is 27.6. The summed E-state index contributed by atoms with van der Waals surface area (Å²) in [6, 6.07) is 8.55. The van der Waals surface area contributed by atoms with Crippen LogP contribution in [0.3, 0.4) is 0 Å². The first-order chi connectivity index (χ1) is 20.2. The van der Waals surface area contributed by atoms with Crippen molar-refractivity contribution in [3.63, 3.8) is 0 Å². The number of rotatable bonds is 15. The number of benzene rings is 1. The fraction of sp³-hybridized carbons (Fsp3) is 0.606. The van der Waals surface area contributed by atoms with Crippen molar-refractivity contribution in [2.24, 2.45) is 17.8 Å². The lowest BCUT2D eigenvalue weighted by molar-refractivity contribution is -0.148. The largest absolute Gasteiger partial charge is 0.394 e. The predicted molar refractivity (Wildman–Crippen MR) is 173 cm³/mol. The molecule has 230 valence electrons. The lowest BCUT2D eigenvalue weighted by atomic mass is 9.70. The van der Waals surface area contributed by atoms with E-state index in [1.165, 1.54) is 0 Å². The first-order valence-corrected chi connectivity index (χ1v) is 17.0. The van der Waals surface area contributed by atoms with Gasteiger partial charge in [0.15, 0.2) is 0 Å². The number of nitrogens with zero attached hydrogens (tertiary/aromatic N) is 3. The molecule has 3 heterocycles. The van der Waals surface area contributed by atoms with E-state index < -0.39 is 28.7 Å². The zero-order valence-electron chi connectivity index (χ0n) is 25.2. The fourth-order valence-corrected chi connectivity index (χ4v) is 10.8. The average Bonchev–Trinajstić information content (AvgIpc) is 3.56. The van der Waals surface area contributed by atoms with Gasteiger partial charge in [-0.25, -0.2) is 0 Å². The number of fused-ring (bicyclic) bond motifs is 1. The number of halogens is 1. The number of aliphatic hydroxyl groups is 1. The van der Waals surface area contributed by atoms with E-state index in [2.05, 4.69) is 36.0 Å². The Morgan fingerprint density at radius 2 is 1.81 bits per heavy atom. The molecule has 1 spiro atoms. The number of thioether (sulfide) groups is 1. The Morgan fingerprint density at radius 1 is 1.14 bits per heavy atom. The van der Waals surface area contributed by atoms with Gasteiger partial charge >= 0.3 is 0 Å². The van der Waals surface area contributed by atoms with Crippen LogP contribution in [0.2, 0.25) is 0 Å². The second-order valence-electron chi connectivity index (χ2n) is 12.2. The quantitative estimate of drug-likeness (QED) is 0.165. The summed E-state index contributed by atoms with van der Waals surface area (Å²) in [4.78, 5) is 48.9. The summed E-state index contributed by atoms with van der Waals surface area (Å²) < 4.78 is -0.758. The molecule has 3 saturated heterocycles. The van der Waals surface area contributed by atoms with Crippen LogP contribution in [0.5, 0.6) is 0 Å². The van der Waals surface area contributed by atoms with Crippen LogP contribution < -0.4 is 0 Å². The molecular formula is C33H46BrN3O4S. The molecule has 3 aliphatic rings. The minimum atomic E-state index is -0.758. The van der Waals surface area contributed by atoms with Crippen LogP contribution in [0, 0.1) is 17.8 Å². The van der Waals surface area contributed by atoms with Gasteiger partial charge in [-0.3, -0.25) is 14.4 Å². The van der Waals surface area contributed by atoms with Crippen molar-refractivity contribution in [2.45, 2.75) is 79.9 Å². The number of hydrogen-bond acceptors (Lipinski definition) is 5. The van der Waals surface area contributed by atoms with E-state index in [0.717, 1.165) is 24.8 Å². The van der Waals surface area contributed by atoms with Crippen LogP contribution in [-0.4, -0.2) is 90.7 Å². The van der Waals surface area contributed by atoms with Gasteiger partial charge in [0.05, 0.1) is 29.2 Å². The molecule has 3 aliphatic heterocycles. The van der Waals surface area contributed by atoms with Gasteiger partial charge in [0.2, 0.25) is 17.7 Å². The summed E-state index contributed by atoms with van der Waals surface area (Å²) in [7, 11) is 0. The van der Waals surface area contributed by atoms with Crippen molar-refractivity contribution < 1.29 is 19.5 Å². The molecule has 2 bridgehead atoms. The van der Waals surface area contributed by atoms with E-state index in [1.807, 2.05) is 49.1 Å². The lowest BCUT2D eigenvalue weighted by Crippen LogP contribution is -2.58. The third kappa shape index (κ3) is 5.98. The summed E-state index contributed by atoms with van der Waals surface area (Å²) >= 11 is 5.52. The van der Waals surface area contributed by atoms with Crippen molar-refractivity contribution in [1.82, 2.24) is 14.7 Å². The Bertz CT molecular complexity index is 1150. The Morgan fingerprint density at radius 3 is 2.40 bits per heavy atom. The lowest BCUT2D eigenvalue weighted by Gasteiger charge is -2.41. The smallest absolute Gasteiger partial charge is 0.247 e. The van der Waals surface area contributed by atoms with E-state index in [4.69, 9.17) is 0 Å². The predicted octanol–water partition coefficient (Wildman–Crippen LogP) is 4.89. The van der Waals surface area contributed by atoms with Gasteiger partial charge in [0, 0.05) is 36.3 Å². The summed E-state index contributed by atoms with van der Waals surface area (Å²) in [6.45, 7) is 15.4. The molecule has 3 fully saturated rings. The average molecular weight is 661 g/mol. The molecule has 42 heavy (non-hydrogen) atoms. The molecule has 3 amide bonds. The number of carbonyl (C=O) groups is 3. The summed E-state index contributed by atoms with van der Waals surface area (Å²) in [5, 5.41) is 10.4. The van der Waals surface area contributed by atoms with Gasteiger partial charge in [-0.05, 0) is 24.3 Å². The standard InChI is InChI=1S/C33H46BrN3O4S/c1-6-9-13-18-35(16-7-2)32(41)29-33-19-24(34)28(42-33)26(27(33)31(40)37(29)25(21-38)22(4)5)30(39)36(17-8-3)20-23-14-11-10-12-15-23/h7-8,10-12,14-15,22,24-29,38H,2-3,6,9,13,16-21H2,1,4-5H3/t24?,25-,26-,27-,28-,29?,33?/m0/s1. The normalized spacial score (nSPS) is 28.6. The molecule has 9 heteroatoms. The van der Waals surface area contributed by atoms with Gasteiger partial charge < -0.3 is 19.8 Å². The highest BCUT2D eigenvalue weighted by atomic mass is 79.9. The molecule has 3 unspecified atom stereocenters. The third-order valence-corrected chi connectivity index (χ3v) is 12.4. The van der Waals surface area contributed by atoms with Crippen LogP contribution in [0.1, 0.15) is 52.0 Å². The van der Waals surface area contributed by atoms with Gasteiger partial charge in [-0.1, -0.05) is 92.0 Å². The van der Waals surface area contributed by atoms with Crippen molar-refractivity contribution in [2.75, 3.05) is 26.2 Å². The number of aliphatic hydroxyl groups excluding tert-OH is 1. The highest BCUT2D eigenvalue weighted by molar-refractivity contribution is 9.09. The molecular weight excluding hydrogens is 614 g/mol. The number of alkyl halides is 1. The van der Waals surface area contributed by atoms with Crippen molar-refractivity contribution in [3.05, 3.63) is 61.2 Å². The van der Waals surface area contributed by atoms with Crippen molar-refractivity contribution in [3.8, 4) is 0 Å². The second-order valence-corrected chi connectivity index (χ2v) is 14.9. The molecule has 0 radical (unpaired) electrons. The first kappa shape index (κ1) is 32.8. The third-order valence-electron chi connectivity index (χ3n) is 9.13. The SMILES string of the molecule is C=CCN(CCCCC)C(=O)C1N([C@@H](CO)C(C)C)C(=O)[C@@H]2[C@H](C(=O)N(CC=C)Cc3ccccc3)[C@H]3SC12CC3Br. The van der Waals surface area contributed by atoms with Gasteiger partial charge in [-0.2, -0.15) is 0 Å². The van der Waals surface area contributed by atoms with Crippen LogP contribution in [0.25, 0.3) is 0 Å². The molecule has 1 aromatic rings. The number of hydrogen-bond donors (Lipinski definition) is 1. The zero-order chi connectivity index (χ0) is 30.6. The number of carbonyl (C=O) groups excluding carboxylic acids is 3. The summed E-state index contributed by atoms with van der Waals surface area (Å²) in [6.07, 6.45) is 6.98. The molecule has 0 aromatic heterocycles. The Labute approximate surface area is 263 Å². The summed E-state index contributed by atoms with van der Waals surface area (Å²) in [5.41, 5.74) is 1.01. The monoisotopic (exact) mass is 659 g/mol. The van der Waals surface area contributed by atoms with Gasteiger partial charge in [0.1, 0.15) is 6.04 Å². The van der Waals surface area contributed by atoms with E-state index in [9.17, 15) is 19.5 Å². The maximum atomic E-state index is 14.6. The molecule has 7 atom stereocenters. The van der Waals surface area contributed by atoms with E-state index in [0.29, 0.717) is 32.6 Å². The highest BCUT2D eigenvalue weighted by Crippen LogP contribution is 2.68. The van der Waals surface area contributed by atoms with E-state index >= 15 is 0 Å². The van der Waals surface area contributed by atoms with Crippen LogP contribution >= 0.6 is 27.7 Å². The Hall–Kier alpha value is -2.10. The molecule has 4 rings (SSSR count). The first-order valence-electron chi connectivity index (χ1n) is 15.2. The maximum Gasteiger partial charge on any atom is 0.247 e. The topological polar surface area (TPSA) is 81.2 Å². The molecule has 1 N–H and O–H groups in total. The van der Waals surface area contributed by atoms with Gasteiger partial charge in [0.25, 0.3) is 0 Å². The molecule has 0 aliphatic carbocycles.